The van der Waals surface area contributed by atoms with Crippen molar-refractivity contribution in [3.8, 4) is 11.1 Å². The zero-order valence-electron chi connectivity index (χ0n) is 11.8. The summed E-state index contributed by atoms with van der Waals surface area (Å²) in [6.45, 7) is 1.48. The summed E-state index contributed by atoms with van der Waals surface area (Å²) in [4.78, 5) is 23.1. The van der Waals surface area contributed by atoms with Gasteiger partial charge in [0.2, 0.25) is 5.91 Å². The van der Waals surface area contributed by atoms with E-state index in [-0.39, 0.29) is 5.91 Å². The summed E-state index contributed by atoms with van der Waals surface area (Å²) in [6.07, 6.45) is 3.75. The maximum absolute atomic E-state index is 11.1. The number of fused-ring (bicyclic) bond motifs is 2. The molecule has 2 N–H and O–H groups in total. The van der Waals surface area contributed by atoms with Crippen molar-refractivity contribution in [2.24, 2.45) is 0 Å². The molecule has 0 unspecified atom stereocenters. The quantitative estimate of drug-likeness (QED) is 0.591. The van der Waals surface area contributed by atoms with Crippen LogP contribution < -0.4 is 5.32 Å². The molecular weight excluding hydrogens is 296 g/mol. The Balaban J connectivity index is 1.79. The lowest BCUT2D eigenvalue weighted by Gasteiger charge is -2.01. The number of nitrogens with one attached hydrogen (secondary N) is 2. The number of pyridine rings is 1. The number of carbonyl (C=O) groups excluding carboxylic acids is 1. The van der Waals surface area contributed by atoms with Gasteiger partial charge in [-0.05, 0) is 29.8 Å². The normalized spacial score (nSPS) is 11.1. The average molecular weight is 308 g/mol. The molecular formula is C16H12N4OS. The number of nitrogens with zero attached hydrogens (tertiary/aromatic N) is 2. The van der Waals surface area contributed by atoms with Crippen molar-refractivity contribution in [2.45, 2.75) is 6.92 Å². The van der Waals surface area contributed by atoms with Crippen LogP contribution in [-0.4, -0.2) is 20.9 Å². The van der Waals surface area contributed by atoms with E-state index >= 15 is 0 Å². The number of thiazole rings is 1. The van der Waals surface area contributed by atoms with Gasteiger partial charge in [-0.15, -0.1) is 0 Å². The number of aromatic amines is 1. The molecule has 3 heterocycles. The first-order chi connectivity index (χ1) is 10.7. The van der Waals surface area contributed by atoms with Crippen molar-refractivity contribution in [2.75, 3.05) is 5.32 Å². The molecule has 0 radical (unpaired) electrons. The van der Waals surface area contributed by atoms with Gasteiger partial charge in [-0.1, -0.05) is 17.4 Å². The molecule has 4 aromatic rings. The number of benzene rings is 1. The Morgan fingerprint density at radius 2 is 2.09 bits per heavy atom. The third-order valence-corrected chi connectivity index (χ3v) is 4.34. The van der Waals surface area contributed by atoms with Crippen molar-refractivity contribution in [1.29, 1.82) is 0 Å². The molecule has 0 aliphatic carbocycles. The zero-order valence-corrected chi connectivity index (χ0v) is 12.6. The molecule has 6 heteroatoms. The molecule has 0 atom stereocenters. The first-order valence-electron chi connectivity index (χ1n) is 6.81. The van der Waals surface area contributed by atoms with Gasteiger partial charge in [0.15, 0.2) is 5.13 Å². The summed E-state index contributed by atoms with van der Waals surface area (Å²) < 4.78 is 1.04. The smallest absolute Gasteiger partial charge is 0.223 e. The Morgan fingerprint density at radius 3 is 2.95 bits per heavy atom. The minimum Gasteiger partial charge on any atom is -0.360 e. The maximum atomic E-state index is 11.1. The average Bonchev–Trinajstić information content (AvgIpc) is 3.10. The fourth-order valence-electron chi connectivity index (χ4n) is 2.40. The monoisotopic (exact) mass is 308 g/mol. The van der Waals surface area contributed by atoms with Crippen molar-refractivity contribution < 1.29 is 4.79 Å². The van der Waals surface area contributed by atoms with Crippen LogP contribution in [0.5, 0.6) is 0 Å². The largest absolute Gasteiger partial charge is 0.360 e. The summed E-state index contributed by atoms with van der Waals surface area (Å²) in [5.74, 6) is -0.110. The molecule has 0 saturated carbocycles. The molecule has 3 aromatic heterocycles. The first kappa shape index (κ1) is 13.0. The van der Waals surface area contributed by atoms with Gasteiger partial charge in [0.1, 0.15) is 0 Å². The van der Waals surface area contributed by atoms with Crippen LogP contribution in [0.3, 0.4) is 0 Å². The van der Waals surface area contributed by atoms with E-state index < -0.39 is 0 Å². The number of aromatic nitrogens is 3. The van der Waals surface area contributed by atoms with E-state index in [1.165, 1.54) is 18.3 Å². The van der Waals surface area contributed by atoms with Crippen molar-refractivity contribution in [3.63, 3.8) is 0 Å². The van der Waals surface area contributed by atoms with Crippen LogP contribution >= 0.6 is 11.3 Å². The van der Waals surface area contributed by atoms with E-state index in [0.717, 1.165) is 32.4 Å². The molecule has 0 aliphatic rings. The number of amides is 1. The van der Waals surface area contributed by atoms with Gasteiger partial charge < -0.3 is 10.3 Å². The summed E-state index contributed by atoms with van der Waals surface area (Å²) in [5, 5.41) is 3.35. The molecule has 0 aliphatic heterocycles. The molecule has 22 heavy (non-hydrogen) atoms. The second-order valence-electron chi connectivity index (χ2n) is 5.02. The summed E-state index contributed by atoms with van der Waals surface area (Å²) in [5.41, 5.74) is 4.98. The second-order valence-corrected chi connectivity index (χ2v) is 6.05. The van der Waals surface area contributed by atoms with E-state index in [9.17, 15) is 4.79 Å². The van der Waals surface area contributed by atoms with Crippen molar-refractivity contribution >= 4 is 43.6 Å². The van der Waals surface area contributed by atoms with E-state index in [1.807, 2.05) is 30.6 Å². The Kier molecular flexibility index (Phi) is 2.90. The maximum Gasteiger partial charge on any atom is 0.223 e. The molecule has 0 fully saturated rings. The van der Waals surface area contributed by atoms with Gasteiger partial charge in [0.05, 0.1) is 21.3 Å². The fraction of sp³-hybridized carbons (Fsp3) is 0.0625. The number of H-pyrrole nitrogens is 1. The third kappa shape index (κ3) is 2.23. The minimum absolute atomic E-state index is 0.110. The summed E-state index contributed by atoms with van der Waals surface area (Å²) in [7, 11) is 0. The Bertz CT molecular complexity index is 1000. The number of carbonyl (C=O) groups is 1. The molecule has 1 aromatic carbocycles. The predicted molar refractivity (Wildman–Crippen MR) is 89.0 cm³/mol. The third-order valence-electron chi connectivity index (χ3n) is 3.40. The SMILES string of the molecule is CC(=O)Nc1nc2ccc(-c3cnc4cc[nH]c4c3)cc2s1. The van der Waals surface area contributed by atoms with Crippen LogP contribution in [-0.2, 0) is 4.79 Å². The van der Waals surface area contributed by atoms with Crippen LogP contribution in [0.2, 0.25) is 0 Å². The fourth-order valence-corrected chi connectivity index (χ4v) is 3.35. The number of hydrogen-bond acceptors (Lipinski definition) is 4. The zero-order chi connectivity index (χ0) is 15.1. The van der Waals surface area contributed by atoms with Crippen LogP contribution in [0.1, 0.15) is 6.92 Å². The lowest BCUT2D eigenvalue weighted by atomic mass is 10.1. The first-order valence-corrected chi connectivity index (χ1v) is 7.62. The van der Waals surface area contributed by atoms with Crippen molar-refractivity contribution in [3.05, 3.63) is 42.7 Å². The van der Waals surface area contributed by atoms with E-state index in [4.69, 9.17) is 0 Å². The molecule has 0 spiro atoms. The number of hydrogen-bond donors (Lipinski definition) is 2. The molecule has 0 saturated heterocycles. The lowest BCUT2D eigenvalue weighted by Crippen LogP contribution is -2.04. The Morgan fingerprint density at radius 1 is 1.18 bits per heavy atom. The Hall–Kier alpha value is -2.73. The van der Waals surface area contributed by atoms with Crippen molar-refractivity contribution in [1.82, 2.24) is 15.0 Å². The predicted octanol–water partition coefficient (Wildman–Crippen LogP) is 3.80. The molecule has 4 rings (SSSR count). The van der Waals surface area contributed by atoms with Gasteiger partial charge >= 0.3 is 0 Å². The molecule has 5 nitrogen and oxygen atoms in total. The van der Waals surface area contributed by atoms with E-state index in [2.05, 4.69) is 32.4 Å². The van der Waals surface area contributed by atoms with Crippen LogP contribution in [0.25, 0.3) is 32.4 Å². The summed E-state index contributed by atoms with van der Waals surface area (Å²) >= 11 is 1.47. The van der Waals surface area contributed by atoms with Crippen LogP contribution in [0.4, 0.5) is 5.13 Å². The van der Waals surface area contributed by atoms with Gasteiger partial charge in [-0.2, -0.15) is 0 Å². The highest BCUT2D eigenvalue weighted by Gasteiger charge is 2.08. The van der Waals surface area contributed by atoms with E-state index in [0.29, 0.717) is 5.13 Å². The standard InChI is InChI=1S/C16H12N4OS/c1-9(21)19-16-20-13-3-2-10(7-15(13)22-16)11-6-14-12(18-8-11)4-5-17-14/h2-8,17H,1H3,(H,19,20,21). The number of rotatable bonds is 2. The highest BCUT2D eigenvalue weighted by Crippen LogP contribution is 2.31. The van der Waals surface area contributed by atoms with Crippen LogP contribution in [0.15, 0.2) is 42.7 Å². The van der Waals surface area contributed by atoms with Gasteiger partial charge in [-0.25, -0.2) is 4.98 Å². The number of anilines is 1. The highest BCUT2D eigenvalue weighted by atomic mass is 32.1. The lowest BCUT2D eigenvalue weighted by molar-refractivity contribution is -0.114. The molecule has 1 amide bonds. The topological polar surface area (TPSA) is 70.7 Å². The second kappa shape index (κ2) is 4.92. The Labute approximate surface area is 130 Å². The summed E-state index contributed by atoms with van der Waals surface area (Å²) in [6, 6.07) is 10.1. The van der Waals surface area contributed by atoms with Gasteiger partial charge in [0.25, 0.3) is 0 Å². The van der Waals surface area contributed by atoms with Crippen LogP contribution in [0, 0.1) is 0 Å². The minimum atomic E-state index is -0.110. The molecule has 108 valence electrons. The van der Waals surface area contributed by atoms with Gasteiger partial charge in [-0.3, -0.25) is 9.78 Å². The molecule has 0 bridgehead atoms. The van der Waals surface area contributed by atoms with E-state index in [1.54, 1.807) is 0 Å². The van der Waals surface area contributed by atoms with Gasteiger partial charge in [0, 0.05) is 24.9 Å². The highest BCUT2D eigenvalue weighted by molar-refractivity contribution is 7.22.